The van der Waals surface area contributed by atoms with E-state index in [9.17, 15) is 9.18 Å². The summed E-state index contributed by atoms with van der Waals surface area (Å²) in [7, 11) is 4.82. The van der Waals surface area contributed by atoms with Crippen LogP contribution in [0.25, 0.3) is 0 Å². The van der Waals surface area contributed by atoms with Crippen LogP contribution in [0, 0.1) is 5.82 Å². The highest BCUT2D eigenvalue weighted by molar-refractivity contribution is 5.83. The van der Waals surface area contributed by atoms with Crippen LogP contribution in [-0.4, -0.2) is 38.1 Å². The van der Waals surface area contributed by atoms with Crippen LogP contribution in [0.4, 0.5) is 10.1 Å². The van der Waals surface area contributed by atoms with Crippen molar-refractivity contribution in [3.05, 3.63) is 24.0 Å². The maximum Gasteiger partial charge on any atom is 0.244 e. The van der Waals surface area contributed by atoms with E-state index in [0.717, 1.165) is 0 Å². The second-order valence-electron chi connectivity index (χ2n) is 3.94. The largest absolute Gasteiger partial charge is 0.497 e. The van der Waals surface area contributed by atoms with E-state index in [0.29, 0.717) is 5.75 Å². The monoisotopic (exact) mass is 240 g/mol. The number of rotatable bonds is 4. The Bertz CT molecular complexity index is 407. The number of amides is 1. The molecule has 1 atom stereocenters. The van der Waals surface area contributed by atoms with Gasteiger partial charge in [0.25, 0.3) is 0 Å². The molecule has 17 heavy (non-hydrogen) atoms. The number of nitrogens with zero attached hydrogens (tertiary/aromatic N) is 1. The molecule has 0 radical (unpaired) electrons. The molecule has 0 saturated heterocycles. The number of likely N-dealkylation sites (N-methyl/N-ethyl adjacent to an activating group) is 1. The van der Waals surface area contributed by atoms with Crippen molar-refractivity contribution in [2.45, 2.75) is 13.0 Å². The second-order valence-corrected chi connectivity index (χ2v) is 3.94. The van der Waals surface area contributed by atoms with Gasteiger partial charge in [-0.25, -0.2) is 4.39 Å². The van der Waals surface area contributed by atoms with Gasteiger partial charge in [0.1, 0.15) is 17.6 Å². The Morgan fingerprint density at radius 3 is 2.65 bits per heavy atom. The molecule has 1 amide bonds. The summed E-state index contributed by atoms with van der Waals surface area (Å²) < 4.78 is 18.5. The number of hydrogen-bond donors (Lipinski definition) is 1. The number of benzene rings is 1. The first kappa shape index (κ1) is 13.3. The third kappa shape index (κ3) is 3.34. The van der Waals surface area contributed by atoms with E-state index in [2.05, 4.69) is 5.32 Å². The molecular formula is C12H17FN2O2. The van der Waals surface area contributed by atoms with Crippen LogP contribution in [0.15, 0.2) is 18.2 Å². The maximum absolute atomic E-state index is 13.5. The molecule has 0 aliphatic heterocycles. The van der Waals surface area contributed by atoms with Gasteiger partial charge in [-0.2, -0.15) is 0 Å². The van der Waals surface area contributed by atoms with Gasteiger partial charge in [-0.05, 0) is 19.1 Å². The average Bonchev–Trinajstić information content (AvgIpc) is 2.30. The van der Waals surface area contributed by atoms with Gasteiger partial charge in [0, 0.05) is 20.2 Å². The first-order valence-electron chi connectivity index (χ1n) is 5.27. The summed E-state index contributed by atoms with van der Waals surface area (Å²) in [5, 5.41) is 2.82. The van der Waals surface area contributed by atoms with Gasteiger partial charge in [-0.15, -0.1) is 0 Å². The Kier molecular flexibility index (Phi) is 4.31. The van der Waals surface area contributed by atoms with E-state index in [-0.39, 0.29) is 11.6 Å². The van der Waals surface area contributed by atoms with Crippen LogP contribution in [0.1, 0.15) is 6.92 Å². The maximum atomic E-state index is 13.5. The highest BCUT2D eigenvalue weighted by atomic mass is 19.1. The summed E-state index contributed by atoms with van der Waals surface area (Å²) in [6.45, 7) is 1.68. The number of methoxy groups -OCH3 is 1. The zero-order chi connectivity index (χ0) is 13.0. The summed E-state index contributed by atoms with van der Waals surface area (Å²) >= 11 is 0. The quantitative estimate of drug-likeness (QED) is 0.871. The summed E-state index contributed by atoms with van der Waals surface area (Å²) in [6, 6.07) is 3.86. The molecule has 0 aromatic heterocycles. The summed E-state index contributed by atoms with van der Waals surface area (Å²) in [6.07, 6.45) is 0. The normalized spacial score (nSPS) is 11.8. The molecule has 0 heterocycles. The van der Waals surface area contributed by atoms with Crippen molar-refractivity contribution in [3.63, 3.8) is 0 Å². The van der Waals surface area contributed by atoms with E-state index in [1.165, 1.54) is 30.2 Å². The van der Waals surface area contributed by atoms with E-state index in [1.54, 1.807) is 21.0 Å². The van der Waals surface area contributed by atoms with Crippen LogP contribution >= 0.6 is 0 Å². The predicted octanol–water partition coefficient (Wildman–Crippen LogP) is 1.72. The number of nitrogens with one attached hydrogen (secondary N) is 1. The Hall–Kier alpha value is -1.78. The lowest BCUT2D eigenvalue weighted by Crippen LogP contribution is -2.36. The third-order valence-corrected chi connectivity index (χ3v) is 2.36. The lowest BCUT2D eigenvalue weighted by molar-refractivity contribution is -0.129. The fourth-order valence-electron chi connectivity index (χ4n) is 1.42. The van der Waals surface area contributed by atoms with E-state index in [1.807, 2.05) is 0 Å². The Balaban J connectivity index is 2.83. The first-order chi connectivity index (χ1) is 7.95. The smallest absolute Gasteiger partial charge is 0.244 e. The molecule has 5 heteroatoms. The van der Waals surface area contributed by atoms with Crippen molar-refractivity contribution < 1.29 is 13.9 Å². The SMILES string of the molecule is COc1ccc(F)c(NC(C)C(=O)N(C)C)c1. The Morgan fingerprint density at radius 2 is 2.12 bits per heavy atom. The molecule has 1 aromatic rings. The predicted molar refractivity (Wildman–Crippen MR) is 64.7 cm³/mol. The van der Waals surface area contributed by atoms with E-state index < -0.39 is 11.9 Å². The van der Waals surface area contributed by atoms with Gasteiger partial charge in [-0.1, -0.05) is 0 Å². The number of hydrogen-bond acceptors (Lipinski definition) is 3. The molecule has 1 rings (SSSR count). The lowest BCUT2D eigenvalue weighted by atomic mass is 10.2. The standard InChI is InChI=1S/C12H17FN2O2/c1-8(12(16)15(2)3)14-11-7-9(17-4)5-6-10(11)13/h5-8,14H,1-4H3. The van der Waals surface area contributed by atoms with Crippen molar-refractivity contribution in [1.82, 2.24) is 4.90 Å². The zero-order valence-electron chi connectivity index (χ0n) is 10.5. The summed E-state index contributed by atoms with van der Waals surface area (Å²) in [5.41, 5.74) is 0.257. The minimum absolute atomic E-state index is 0.118. The Labute approximate surface area is 100 Å². The molecule has 0 fully saturated rings. The molecule has 4 nitrogen and oxygen atoms in total. The highest BCUT2D eigenvalue weighted by Gasteiger charge is 2.16. The van der Waals surface area contributed by atoms with Crippen LogP contribution in [-0.2, 0) is 4.79 Å². The number of carbonyl (C=O) groups excluding carboxylic acids is 1. The molecule has 1 N–H and O–H groups in total. The van der Waals surface area contributed by atoms with Gasteiger partial charge in [-0.3, -0.25) is 4.79 Å². The van der Waals surface area contributed by atoms with Gasteiger partial charge in [0.15, 0.2) is 0 Å². The molecule has 1 unspecified atom stereocenters. The van der Waals surface area contributed by atoms with Crippen LogP contribution in [0.3, 0.4) is 0 Å². The fraction of sp³-hybridized carbons (Fsp3) is 0.417. The molecule has 94 valence electrons. The zero-order valence-corrected chi connectivity index (χ0v) is 10.5. The first-order valence-corrected chi connectivity index (χ1v) is 5.27. The number of anilines is 1. The van der Waals surface area contributed by atoms with Crippen LogP contribution in [0.2, 0.25) is 0 Å². The average molecular weight is 240 g/mol. The molecule has 0 bridgehead atoms. The molecule has 1 aromatic carbocycles. The van der Waals surface area contributed by atoms with Gasteiger partial charge >= 0.3 is 0 Å². The van der Waals surface area contributed by atoms with Crippen molar-refractivity contribution in [2.24, 2.45) is 0 Å². The Morgan fingerprint density at radius 1 is 1.47 bits per heavy atom. The van der Waals surface area contributed by atoms with Crippen LogP contribution in [0.5, 0.6) is 5.75 Å². The lowest BCUT2D eigenvalue weighted by Gasteiger charge is -2.19. The van der Waals surface area contributed by atoms with E-state index in [4.69, 9.17) is 4.74 Å². The summed E-state index contributed by atoms with van der Waals surface area (Å²) in [4.78, 5) is 13.1. The molecular weight excluding hydrogens is 223 g/mol. The van der Waals surface area contributed by atoms with E-state index >= 15 is 0 Å². The summed E-state index contributed by atoms with van der Waals surface area (Å²) in [5.74, 6) is 0.00910. The molecule has 0 aliphatic rings. The van der Waals surface area contributed by atoms with Crippen molar-refractivity contribution in [1.29, 1.82) is 0 Å². The minimum Gasteiger partial charge on any atom is -0.497 e. The van der Waals surface area contributed by atoms with Gasteiger partial charge < -0.3 is 15.0 Å². The third-order valence-electron chi connectivity index (χ3n) is 2.36. The number of ether oxygens (including phenoxy) is 1. The topological polar surface area (TPSA) is 41.6 Å². The van der Waals surface area contributed by atoms with Gasteiger partial charge in [0.05, 0.1) is 12.8 Å². The van der Waals surface area contributed by atoms with Crippen molar-refractivity contribution >= 4 is 11.6 Å². The molecule has 0 aliphatic carbocycles. The number of carbonyl (C=O) groups is 1. The minimum atomic E-state index is -0.494. The van der Waals surface area contributed by atoms with Crippen LogP contribution < -0.4 is 10.1 Å². The second kappa shape index (κ2) is 5.52. The number of halogens is 1. The van der Waals surface area contributed by atoms with Gasteiger partial charge in [0.2, 0.25) is 5.91 Å². The molecule has 0 saturated carbocycles. The van der Waals surface area contributed by atoms with Crippen molar-refractivity contribution in [3.8, 4) is 5.75 Å². The fourth-order valence-corrected chi connectivity index (χ4v) is 1.42. The highest BCUT2D eigenvalue weighted by Crippen LogP contribution is 2.21. The molecule has 0 spiro atoms. The van der Waals surface area contributed by atoms with Crippen molar-refractivity contribution in [2.75, 3.05) is 26.5 Å².